The fraction of sp³-hybridized carbons (Fsp3) is 0. The maximum Gasteiger partial charge on any atom is 0.139 e. The summed E-state index contributed by atoms with van der Waals surface area (Å²) in [5, 5.41) is 9.34. The van der Waals surface area contributed by atoms with Crippen LogP contribution in [0.15, 0.2) is 154 Å². The van der Waals surface area contributed by atoms with Crippen molar-refractivity contribution in [1.29, 1.82) is 0 Å². The SMILES string of the molecule is c1ccc2c(c1)c1ccccc1n2-c1ccc2oc3cc4oc5ccc(-n6c7ccccc7c7ccccc76)cc5c4cc3c2c1. The highest BCUT2D eigenvalue weighted by Crippen LogP contribution is 2.40. The Hall–Kier alpha value is -6.26. The highest BCUT2D eigenvalue weighted by Gasteiger charge is 2.18. The average Bonchev–Trinajstić information content (AvgIpc) is 3.84. The van der Waals surface area contributed by atoms with Gasteiger partial charge in [-0.05, 0) is 66.7 Å². The van der Waals surface area contributed by atoms with Gasteiger partial charge in [-0.25, -0.2) is 0 Å². The molecule has 0 saturated heterocycles. The largest absolute Gasteiger partial charge is 0.456 e. The molecule has 0 radical (unpaired) electrons. The molecule has 46 heavy (non-hydrogen) atoms. The Morgan fingerprint density at radius 2 is 0.630 bits per heavy atom. The van der Waals surface area contributed by atoms with E-state index in [4.69, 9.17) is 8.83 Å². The van der Waals surface area contributed by atoms with Crippen LogP contribution in [0.3, 0.4) is 0 Å². The van der Waals surface area contributed by atoms with Crippen LogP contribution in [0.25, 0.3) is 98.9 Å². The second kappa shape index (κ2) is 8.68. The molecule has 0 bridgehead atoms. The van der Waals surface area contributed by atoms with Crippen molar-refractivity contribution in [3.63, 3.8) is 0 Å². The molecule has 0 aliphatic rings. The highest BCUT2D eigenvalue weighted by atomic mass is 16.3. The minimum atomic E-state index is 0.823. The van der Waals surface area contributed by atoms with Crippen LogP contribution < -0.4 is 0 Å². The quantitative estimate of drug-likeness (QED) is 0.201. The molecule has 0 atom stereocenters. The Kier molecular flexibility index (Phi) is 4.55. The van der Waals surface area contributed by atoms with Crippen molar-refractivity contribution in [1.82, 2.24) is 9.13 Å². The third-order valence-electron chi connectivity index (χ3n) is 9.70. The Morgan fingerprint density at radius 1 is 0.283 bits per heavy atom. The van der Waals surface area contributed by atoms with Crippen molar-refractivity contribution < 1.29 is 8.83 Å². The van der Waals surface area contributed by atoms with Crippen LogP contribution >= 0.6 is 0 Å². The Labute approximate surface area is 261 Å². The third kappa shape index (κ3) is 3.12. The van der Waals surface area contributed by atoms with Crippen molar-refractivity contribution in [3.8, 4) is 11.4 Å². The molecule has 7 aromatic carbocycles. The van der Waals surface area contributed by atoms with Gasteiger partial charge in [0.1, 0.15) is 22.3 Å². The van der Waals surface area contributed by atoms with E-state index in [-0.39, 0.29) is 0 Å². The van der Waals surface area contributed by atoms with Crippen LogP contribution in [0.4, 0.5) is 0 Å². The summed E-state index contributed by atoms with van der Waals surface area (Å²) in [6, 6.07) is 51.8. The van der Waals surface area contributed by atoms with E-state index in [9.17, 15) is 0 Å². The number of rotatable bonds is 2. The molecule has 4 heteroatoms. The van der Waals surface area contributed by atoms with Gasteiger partial charge in [-0.3, -0.25) is 0 Å². The summed E-state index contributed by atoms with van der Waals surface area (Å²) in [6.45, 7) is 0. The molecule has 0 aliphatic heterocycles. The first-order valence-electron chi connectivity index (χ1n) is 15.6. The molecule has 0 N–H and O–H groups in total. The number of aromatic nitrogens is 2. The molecule has 11 aromatic rings. The molecular weight excluding hydrogens is 564 g/mol. The van der Waals surface area contributed by atoms with E-state index >= 15 is 0 Å². The normalized spacial score (nSPS) is 12.3. The number of hydrogen-bond donors (Lipinski definition) is 0. The maximum absolute atomic E-state index is 6.41. The lowest BCUT2D eigenvalue weighted by Crippen LogP contribution is -1.93. The lowest BCUT2D eigenvalue weighted by molar-refractivity contribution is 0.656. The first-order valence-corrected chi connectivity index (χ1v) is 15.6. The molecule has 4 aromatic heterocycles. The summed E-state index contributed by atoms with van der Waals surface area (Å²) in [5.74, 6) is 0. The van der Waals surface area contributed by atoms with E-state index in [1.54, 1.807) is 0 Å². The fourth-order valence-corrected chi connectivity index (χ4v) is 7.70. The van der Waals surface area contributed by atoms with E-state index in [0.717, 1.165) is 55.3 Å². The first-order chi connectivity index (χ1) is 22.8. The van der Waals surface area contributed by atoms with Gasteiger partial charge >= 0.3 is 0 Å². The molecule has 4 heterocycles. The number of benzene rings is 7. The first kappa shape index (κ1) is 24.1. The number of nitrogens with zero attached hydrogens (tertiary/aromatic N) is 2. The van der Waals surface area contributed by atoms with Crippen LogP contribution in [0.5, 0.6) is 0 Å². The van der Waals surface area contributed by atoms with E-state index in [1.165, 1.54) is 43.6 Å². The number of hydrogen-bond acceptors (Lipinski definition) is 2. The number of fused-ring (bicyclic) bond motifs is 12. The summed E-state index contributed by atoms with van der Waals surface area (Å²) in [6.07, 6.45) is 0. The molecule has 4 nitrogen and oxygen atoms in total. The van der Waals surface area contributed by atoms with Gasteiger partial charge in [-0.1, -0.05) is 72.8 Å². The van der Waals surface area contributed by atoms with Crippen molar-refractivity contribution in [2.45, 2.75) is 0 Å². The van der Waals surface area contributed by atoms with Crippen molar-refractivity contribution in [3.05, 3.63) is 146 Å². The van der Waals surface area contributed by atoms with Gasteiger partial charge in [-0.15, -0.1) is 0 Å². The molecule has 214 valence electrons. The van der Waals surface area contributed by atoms with Gasteiger partial charge in [-0.2, -0.15) is 0 Å². The summed E-state index contributed by atoms with van der Waals surface area (Å²) in [7, 11) is 0. The third-order valence-corrected chi connectivity index (χ3v) is 9.70. The van der Waals surface area contributed by atoms with Crippen LogP contribution in [-0.4, -0.2) is 9.13 Å². The Morgan fingerprint density at radius 3 is 1.02 bits per heavy atom. The minimum Gasteiger partial charge on any atom is -0.456 e. The summed E-state index contributed by atoms with van der Waals surface area (Å²) >= 11 is 0. The van der Waals surface area contributed by atoms with Crippen LogP contribution in [0.2, 0.25) is 0 Å². The molecule has 0 saturated carbocycles. The molecular formula is C42H24N2O2. The lowest BCUT2D eigenvalue weighted by atomic mass is 10.1. The molecule has 0 fully saturated rings. The van der Waals surface area contributed by atoms with Crippen LogP contribution in [0, 0.1) is 0 Å². The zero-order chi connectivity index (χ0) is 29.9. The monoisotopic (exact) mass is 588 g/mol. The molecule has 0 spiro atoms. The summed E-state index contributed by atoms with van der Waals surface area (Å²) < 4.78 is 17.5. The fourth-order valence-electron chi connectivity index (χ4n) is 7.70. The predicted molar refractivity (Wildman–Crippen MR) is 190 cm³/mol. The summed E-state index contributed by atoms with van der Waals surface area (Å²) in [5.41, 5.74) is 10.4. The van der Waals surface area contributed by atoms with Crippen molar-refractivity contribution >= 4 is 87.5 Å². The molecule has 0 amide bonds. The van der Waals surface area contributed by atoms with Crippen molar-refractivity contribution in [2.75, 3.05) is 0 Å². The van der Waals surface area contributed by atoms with E-state index in [2.05, 4.69) is 149 Å². The zero-order valence-electron chi connectivity index (χ0n) is 24.6. The van der Waals surface area contributed by atoms with E-state index in [0.29, 0.717) is 0 Å². The van der Waals surface area contributed by atoms with Gasteiger partial charge < -0.3 is 18.0 Å². The van der Waals surface area contributed by atoms with Gasteiger partial charge in [0.05, 0.1) is 22.1 Å². The van der Waals surface area contributed by atoms with Crippen LogP contribution in [0.1, 0.15) is 0 Å². The second-order valence-corrected chi connectivity index (χ2v) is 12.1. The molecule has 0 unspecified atom stereocenters. The maximum atomic E-state index is 6.41. The van der Waals surface area contributed by atoms with Gasteiger partial charge in [0.25, 0.3) is 0 Å². The Balaban J connectivity index is 1.16. The van der Waals surface area contributed by atoms with Crippen molar-refractivity contribution in [2.24, 2.45) is 0 Å². The predicted octanol–water partition coefficient (Wildman–Crippen LogP) is 11.7. The van der Waals surface area contributed by atoms with Gasteiger partial charge in [0.2, 0.25) is 0 Å². The zero-order valence-corrected chi connectivity index (χ0v) is 24.6. The minimum absolute atomic E-state index is 0.823. The van der Waals surface area contributed by atoms with Gasteiger partial charge in [0, 0.05) is 60.5 Å². The highest BCUT2D eigenvalue weighted by molar-refractivity contribution is 6.16. The Bertz CT molecular complexity index is 2730. The second-order valence-electron chi connectivity index (χ2n) is 12.1. The lowest BCUT2D eigenvalue weighted by Gasteiger charge is -2.08. The van der Waals surface area contributed by atoms with Gasteiger partial charge in [0.15, 0.2) is 0 Å². The molecule has 11 rings (SSSR count). The van der Waals surface area contributed by atoms with Crippen LogP contribution in [-0.2, 0) is 0 Å². The average molecular weight is 589 g/mol. The number of para-hydroxylation sites is 4. The van der Waals surface area contributed by atoms with E-state index in [1.807, 2.05) is 6.07 Å². The smallest absolute Gasteiger partial charge is 0.139 e. The standard InChI is InChI=1S/C42H24N2O2/c1-5-13-35-27(9-1)28-10-2-6-14-36(28)43(35)25-17-19-39-31(21-25)33-23-34-32-22-26(18-20-40(32)46-42(34)24-41(33)45-39)44-37-15-7-3-11-29(37)30-12-4-8-16-38(30)44/h1-24H. The summed E-state index contributed by atoms with van der Waals surface area (Å²) in [4.78, 5) is 0. The topological polar surface area (TPSA) is 36.1 Å². The number of furan rings is 2. The van der Waals surface area contributed by atoms with E-state index < -0.39 is 0 Å². The molecule has 0 aliphatic carbocycles.